The van der Waals surface area contributed by atoms with Crippen LogP contribution in [0, 0.1) is 10.1 Å². The van der Waals surface area contributed by atoms with Crippen LogP contribution in [-0.4, -0.2) is 23.5 Å². The van der Waals surface area contributed by atoms with E-state index in [4.69, 9.17) is 4.74 Å². The van der Waals surface area contributed by atoms with Gasteiger partial charge in [0.25, 0.3) is 5.69 Å². The Labute approximate surface area is 125 Å². The van der Waals surface area contributed by atoms with Gasteiger partial charge in [-0.1, -0.05) is 29.3 Å². The summed E-state index contributed by atoms with van der Waals surface area (Å²) in [6.45, 7) is 3.60. The van der Waals surface area contributed by atoms with E-state index in [1.54, 1.807) is 19.1 Å². The first kappa shape index (κ1) is 16.4. The third kappa shape index (κ3) is 3.69. The van der Waals surface area contributed by atoms with Gasteiger partial charge in [-0.15, -0.1) is 0 Å². The Bertz CT molecular complexity index is 521. The molecule has 0 saturated heterocycles. The van der Waals surface area contributed by atoms with Crippen molar-refractivity contribution in [3.8, 4) is 0 Å². The van der Waals surface area contributed by atoms with Crippen LogP contribution in [0.25, 0.3) is 0 Å². The molecule has 1 aromatic rings. The summed E-state index contributed by atoms with van der Waals surface area (Å²) in [6.07, 6.45) is 1.25. The number of benzene rings is 1. The molecule has 0 aliphatic carbocycles. The van der Waals surface area contributed by atoms with Gasteiger partial charge in [-0.25, -0.2) is 4.79 Å². The number of hydrogen-bond donors (Lipinski definition) is 1. The molecule has 0 bridgehead atoms. The van der Waals surface area contributed by atoms with Crippen LogP contribution < -0.4 is 5.32 Å². The lowest BCUT2D eigenvalue weighted by Crippen LogP contribution is -2.44. The highest BCUT2D eigenvalue weighted by molar-refractivity contribution is 9.10. The number of carbonyl (C=O) groups excluding carboxylic acids is 1. The molecule has 0 spiro atoms. The molecule has 1 unspecified atom stereocenters. The third-order valence-corrected chi connectivity index (χ3v) is 3.45. The van der Waals surface area contributed by atoms with E-state index in [2.05, 4.69) is 21.2 Å². The normalized spacial score (nSPS) is 13.4. The Morgan fingerprint density at radius 1 is 1.55 bits per heavy atom. The summed E-state index contributed by atoms with van der Waals surface area (Å²) >= 11 is 3.19. The van der Waals surface area contributed by atoms with Crippen molar-refractivity contribution in [2.24, 2.45) is 0 Å². The van der Waals surface area contributed by atoms with Gasteiger partial charge in [0.1, 0.15) is 11.2 Å². The number of esters is 1. The maximum atomic E-state index is 11.9. The number of anilines is 1. The molecule has 0 aliphatic heterocycles. The average molecular weight is 345 g/mol. The second-order valence-electron chi connectivity index (χ2n) is 4.62. The summed E-state index contributed by atoms with van der Waals surface area (Å²) < 4.78 is 5.39. The number of halogens is 1. The van der Waals surface area contributed by atoms with Gasteiger partial charge in [-0.2, -0.15) is 0 Å². The maximum absolute atomic E-state index is 11.9. The quantitative estimate of drug-likeness (QED) is 0.485. The fourth-order valence-corrected chi connectivity index (χ4v) is 2.35. The molecule has 7 heteroatoms. The van der Waals surface area contributed by atoms with Gasteiger partial charge in [0.05, 0.1) is 12.0 Å². The molecule has 1 N–H and O–H groups in total. The van der Waals surface area contributed by atoms with E-state index in [1.165, 1.54) is 13.2 Å². The first-order valence-corrected chi connectivity index (χ1v) is 6.94. The summed E-state index contributed by atoms with van der Waals surface area (Å²) in [4.78, 5) is 22.5. The van der Waals surface area contributed by atoms with Gasteiger partial charge in [0.2, 0.25) is 0 Å². The zero-order chi connectivity index (χ0) is 15.3. The molecule has 20 heavy (non-hydrogen) atoms. The van der Waals surface area contributed by atoms with Crippen LogP contribution >= 0.6 is 15.9 Å². The number of carbonyl (C=O) groups is 1. The van der Waals surface area contributed by atoms with Crippen LogP contribution in [0.1, 0.15) is 26.7 Å². The third-order valence-electron chi connectivity index (χ3n) is 2.95. The fraction of sp³-hybridized carbons (Fsp3) is 0.462. The van der Waals surface area contributed by atoms with Gasteiger partial charge in [-0.05, 0) is 25.5 Å². The molecule has 1 atom stereocenters. The van der Waals surface area contributed by atoms with Crippen LogP contribution in [0.15, 0.2) is 22.7 Å². The predicted octanol–water partition coefficient (Wildman–Crippen LogP) is 3.50. The van der Waals surface area contributed by atoms with Crippen molar-refractivity contribution in [3.63, 3.8) is 0 Å². The molecule has 0 heterocycles. The number of nitrogens with zero attached hydrogens (tertiary/aromatic N) is 1. The van der Waals surface area contributed by atoms with Crippen molar-refractivity contribution in [2.75, 3.05) is 12.4 Å². The summed E-state index contributed by atoms with van der Waals surface area (Å²) in [7, 11) is 1.30. The minimum atomic E-state index is -0.998. The summed E-state index contributed by atoms with van der Waals surface area (Å²) in [5, 5.41) is 14.0. The number of hydrogen-bond acceptors (Lipinski definition) is 5. The van der Waals surface area contributed by atoms with E-state index < -0.39 is 16.4 Å². The minimum Gasteiger partial charge on any atom is -0.467 e. The molecule has 0 fully saturated rings. The van der Waals surface area contributed by atoms with Crippen molar-refractivity contribution in [2.45, 2.75) is 32.2 Å². The van der Waals surface area contributed by atoms with Crippen LogP contribution in [-0.2, 0) is 9.53 Å². The molecule has 0 aromatic heterocycles. The minimum absolute atomic E-state index is 0.0920. The predicted molar refractivity (Wildman–Crippen MR) is 79.7 cm³/mol. The standard InChI is InChI=1S/C13H17BrN2O4/c1-4-7-13(2,12(17)20-3)15-10-6-5-9(14)8-11(10)16(18)19/h5-6,8,15H,4,7H2,1-3H3. The van der Waals surface area contributed by atoms with Crippen molar-refractivity contribution in [1.82, 2.24) is 0 Å². The largest absolute Gasteiger partial charge is 0.467 e. The van der Waals surface area contributed by atoms with E-state index in [9.17, 15) is 14.9 Å². The summed E-state index contributed by atoms with van der Waals surface area (Å²) in [6, 6.07) is 4.64. The average Bonchev–Trinajstić information content (AvgIpc) is 2.39. The Hall–Kier alpha value is -1.63. The highest BCUT2D eigenvalue weighted by Gasteiger charge is 2.35. The number of nitro benzene ring substituents is 1. The SMILES string of the molecule is CCCC(C)(Nc1ccc(Br)cc1[N+](=O)[O-])C(=O)OC. The topological polar surface area (TPSA) is 81.5 Å². The molecule has 6 nitrogen and oxygen atoms in total. The maximum Gasteiger partial charge on any atom is 0.331 e. The number of nitrogens with one attached hydrogen (secondary N) is 1. The Morgan fingerprint density at radius 3 is 2.70 bits per heavy atom. The molecular formula is C13H17BrN2O4. The first-order chi connectivity index (χ1) is 9.34. The molecule has 1 rings (SSSR count). The number of rotatable bonds is 6. The summed E-state index contributed by atoms with van der Waals surface area (Å²) in [5.74, 6) is -0.448. The number of ether oxygens (including phenoxy) is 1. The zero-order valence-electron chi connectivity index (χ0n) is 11.6. The van der Waals surface area contributed by atoms with Crippen molar-refractivity contribution in [3.05, 3.63) is 32.8 Å². The van der Waals surface area contributed by atoms with Crippen molar-refractivity contribution < 1.29 is 14.5 Å². The monoisotopic (exact) mass is 344 g/mol. The molecule has 0 aliphatic rings. The van der Waals surface area contributed by atoms with Crippen molar-refractivity contribution in [1.29, 1.82) is 0 Å². The van der Waals surface area contributed by atoms with Crippen LogP contribution in [0.4, 0.5) is 11.4 Å². The number of nitro groups is 1. The van der Waals surface area contributed by atoms with Crippen molar-refractivity contribution >= 4 is 33.3 Å². The summed E-state index contributed by atoms with van der Waals surface area (Å²) in [5.41, 5.74) is -0.799. The number of methoxy groups -OCH3 is 1. The van der Waals surface area contributed by atoms with Gasteiger partial charge < -0.3 is 10.1 Å². The van der Waals surface area contributed by atoms with Gasteiger partial charge >= 0.3 is 5.97 Å². The molecule has 0 amide bonds. The lowest BCUT2D eigenvalue weighted by molar-refractivity contribution is -0.384. The molecular weight excluding hydrogens is 328 g/mol. The van der Waals surface area contributed by atoms with Gasteiger partial charge in [0, 0.05) is 10.5 Å². The zero-order valence-corrected chi connectivity index (χ0v) is 13.2. The van der Waals surface area contributed by atoms with Gasteiger partial charge in [0.15, 0.2) is 0 Å². The lowest BCUT2D eigenvalue weighted by atomic mass is 9.95. The van der Waals surface area contributed by atoms with Crippen LogP contribution in [0.2, 0.25) is 0 Å². The molecule has 0 saturated carbocycles. The van der Waals surface area contributed by atoms with E-state index in [0.717, 1.165) is 6.42 Å². The first-order valence-electron chi connectivity index (χ1n) is 6.14. The van der Waals surface area contributed by atoms with E-state index in [-0.39, 0.29) is 5.69 Å². The Kier molecular flexibility index (Phi) is 5.50. The van der Waals surface area contributed by atoms with E-state index in [0.29, 0.717) is 16.6 Å². The molecule has 1 aromatic carbocycles. The van der Waals surface area contributed by atoms with Crippen LogP contribution in [0.3, 0.4) is 0 Å². The lowest BCUT2D eigenvalue weighted by Gasteiger charge is -2.28. The van der Waals surface area contributed by atoms with Crippen LogP contribution in [0.5, 0.6) is 0 Å². The highest BCUT2D eigenvalue weighted by atomic mass is 79.9. The molecule has 110 valence electrons. The second-order valence-corrected chi connectivity index (χ2v) is 5.53. The highest BCUT2D eigenvalue weighted by Crippen LogP contribution is 2.31. The Morgan fingerprint density at radius 2 is 2.20 bits per heavy atom. The Balaban J connectivity index is 3.18. The fourth-order valence-electron chi connectivity index (χ4n) is 2.00. The molecule has 0 radical (unpaired) electrons. The van der Waals surface area contributed by atoms with E-state index >= 15 is 0 Å². The second kappa shape index (κ2) is 6.69. The smallest absolute Gasteiger partial charge is 0.331 e. The van der Waals surface area contributed by atoms with Gasteiger partial charge in [-0.3, -0.25) is 10.1 Å². The van der Waals surface area contributed by atoms with E-state index in [1.807, 2.05) is 6.92 Å².